The zero-order chi connectivity index (χ0) is 19.4. The van der Waals surface area contributed by atoms with Crippen LogP contribution < -0.4 is 0 Å². The smallest absolute Gasteiger partial charge is 0.241 e. The Bertz CT molecular complexity index is 875. The maximum Gasteiger partial charge on any atom is 0.241 e. The average molecular weight is 391 g/mol. The van der Waals surface area contributed by atoms with Gasteiger partial charge < -0.3 is 9.42 Å². The van der Waals surface area contributed by atoms with Crippen LogP contribution in [-0.4, -0.2) is 41.2 Å². The highest BCUT2D eigenvalue weighted by atomic mass is 32.2. The third kappa shape index (κ3) is 5.38. The van der Waals surface area contributed by atoms with E-state index in [1.54, 1.807) is 4.90 Å². The number of carbonyl (C=O) groups is 1. The molecule has 0 aliphatic heterocycles. The van der Waals surface area contributed by atoms with Crippen molar-refractivity contribution in [2.45, 2.75) is 51.4 Å². The van der Waals surface area contributed by atoms with Gasteiger partial charge in [0, 0.05) is 19.0 Å². The molecule has 0 saturated heterocycles. The van der Waals surface area contributed by atoms with E-state index >= 15 is 0 Å². The van der Waals surface area contributed by atoms with Crippen molar-refractivity contribution < 1.29 is 17.7 Å². The first-order valence-corrected chi connectivity index (χ1v) is 11.1. The first-order chi connectivity index (χ1) is 12.9. The lowest BCUT2D eigenvalue weighted by Crippen LogP contribution is -2.42. The summed E-state index contributed by atoms with van der Waals surface area (Å²) in [6, 6.07) is 9.65. The van der Waals surface area contributed by atoms with E-state index in [-0.39, 0.29) is 17.8 Å². The molecular weight excluding hydrogens is 366 g/mol. The summed E-state index contributed by atoms with van der Waals surface area (Å²) in [5, 5.41) is 3.70. The van der Waals surface area contributed by atoms with Gasteiger partial charge in [-0.25, -0.2) is 8.42 Å². The van der Waals surface area contributed by atoms with E-state index < -0.39 is 21.3 Å². The SMILES string of the molecule is CCc1noc(CS(=O)(=O)CC(=O)N(Cc2ccccc2)[C@H](C)C2CC2)n1. The number of rotatable bonds is 9. The Morgan fingerprint density at radius 2 is 2.00 bits per heavy atom. The number of amides is 1. The van der Waals surface area contributed by atoms with Crippen LogP contribution in [0.25, 0.3) is 0 Å². The Hall–Kier alpha value is -2.22. The predicted molar refractivity (Wildman–Crippen MR) is 100 cm³/mol. The number of aryl methyl sites for hydroxylation is 1. The summed E-state index contributed by atoms with van der Waals surface area (Å²) in [5.74, 6) is -0.412. The number of hydrogen-bond donors (Lipinski definition) is 0. The molecule has 1 aromatic heterocycles. The van der Waals surface area contributed by atoms with Crippen LogP contribution >= 0.6 is 0 Å². The van der Waals surface area contributed by atoms with Crippen LogP contribution in [-0.2, 0) is 33.4 Å². The van der Waals surface area contributed by atoms with Gasteiger partial charge in [0.15, 0.2) is 15.7 Å². The molecule has 8 heteroatoms. The highest BCUT2D eigenvalue weighted by Gasteiger charge is 2.35. The van der Waals surface area contributed by atoms with Gasteiger partial charge in [-0.15, -0.1) is 0 Å². The minimum absolute atomic E-state index is 0.0167. The average Bonchev–Trinajstić information content (AvgIpc) is 3.39. The third-order valence-electron chi connectivity index (χ3n) is 4.83. The summed E-state index contributed by atoms with van der Waals surface area (Å²) in [5.41, 5.74) is 0.986. The number of sulfone groups is 1. The zero-order valence-electron chi connectivity index (χ0n) is 15.7. The second-order valence-corrected chi connectivity index (χ2v) is 9.14. The molecule has 1 saturated carbocycles. The number of benzene rings is 1. The van der Waals surface area contributed by atoms with E-state index in [4.69, 9.17) is 4.52 Å². The van der Waals surface area contributed by atoms with Gasteiger partial charge in [0.2, 0.25) is 11.8 Å². The molecule has 7 nitrogen and oxygen atoms in total. The third-order valence-corrected chi connectivity index (χ3v) is 6.20. The second-order valence-electron chi connectivity index (χ2n) is 7.08. The second kappa shape index (κ2) is 8.21. The highest BCUT2D eigenvalue weighted by Crippen LogP contribution is 2.35. The first-order valence-electron chi connectivity index (χ1n) is 9.23. The van der Waals surface area contributed by atoms with Crippen LogP contribution in [0.4, 0.5) is 0 Å². The Morgan fingerprint density at radius 3 is 2.59 bits per heavy atom. The molecular formula is C19H25N3O4S. The fraction of sp³-hybridized carbons (Fsp3) is 0.526. The molecule has 1 amide bonds. The fourth-order valence-corrected chi connectivity index (χ4v) is 4.21. The molecule has 1 aliphatic carbocycles. The van der Waals surface area contributed by atoms with E-state index in [9.17, 15) is 13.2 Å². The van der Waals surface area contributed by atoms with Crippen molar-refractivity contribution in [3.8, 4) is 0 Å². The highest BCUT2D eigenvalue weighted by molar-refractivity contribution is 7.91. The van der Waals surface area contributed by atoms with Crippen molar-refractivity contribution >= 4 is 15.7 Å². The molecule has 146 valence electrons. The summed E-state index contributed by atoms with van der Waals surface area (Å²) < 4.78 is 30.0. The lowest BCUT2D eigenvalue weighted by atomic mass is 10.1. The lowest BCUT2D eigenvalue weighted by Gasteiger charge is -2.29. The Labute approximate surface area is 159 Å². The number of aromatic nitrogens is 2. The fourth-order valence-electron chi connectivity index (χ4n) is 3.08. The van der Waals surface area contributed by atoms with Gasteiger partial charge in [-0.05, 0) is 31.2 Å². The Balaban J connectivity index is 1.70. The van der Waals surface area contributed by atoms with Gasteiger partial charge in [0.1, 0.15) is 11.5 Å². The molecule has 1 fully saturated rings. The van der Waals surface area contributed by atoms with Gasteiger partial charge in [-0.3, -0.25) is 4.79 Å². The maximum absolute atomic E-state index is 12.9. The normalized spacial score (nSPS) is 15.5. The van der Waals surface area contributed by atoms with Gasteiger partial charge in [-0.1, -0.05) is 42.4 Å². The summed E-state index contributed by atoms with van der Waals surface area (Å²) in [4.78, 5) is 18.6. The standard InChI is InChI=1S/C19H25N3O4S/c1-3-17-20-18(26-21-17)12-27(24,25)13-19(23)22(14(2)16-9-10-16)11-15-7-5-4-6-8-15/h4-8,14,16H,3,9-13H2,1-2H3/t14-/m1/s1. The van der Waals surface area contributed by atoms with Crippen LogP contribution in [0.3, 0.4) is 0 Å². The van der Waals surface area contributed by atoms with Gasteiger partial charge in [0.05, 0.1) is 0 Å². The largest absolute Gasteiger partial charge is 0.338 e. The topological polar surface area (TPSA) is 93.4 Å². The molecule has 1 aromatic carbocycles. The van der Waals surface area contributed by atoms with Crippen molar-refractivity contribution in [1.29, 1.82) is 0 Å². The van der Waals surface area contributed by atoms with Crippen LogP contribution in [0.5, 0.6) is 0 Å². The molecule has 0 bridgehead atoms. The van der Waals surface area contributed by atoms with Gasteiger partial charge >= 0.3 is 0 Å². The maximum atomic E-state index is 12.9. The molecule has 27 heavy (non-hydrogen) atoms. The van der Waals surface area contributed by atoms with Crippen LogP contribution in [0.2, 0.25) is 0 Å². The quantitative estimate of drug-likeness (QED) is 0.651. The van der Waals surface area contributed by atoms with Crippen molar-refractivity contribution in [2.75, 3.05) is 5.75 Å². The Kier molecular flexibility index (Phi) is 5.94. The predicted octanol–water partition coefficient (Wildman–Crippen LogP) is 2.37. The van der Waals surface area contributed by atoms with Crippen molar-refractivity contribution in [2.24, 2.45) is 5.92 Å². The summed E-state index contributed by atoms with van der Waals surface area (Å²) >= 11 is 0. The van der Waals surface area contributed by atoms with Crippen LogP contribution in [0, 0.1) is 5.92 Å². The van der Waals surface area contributed by atoms with E-state index in [2.05, 4.69) is 10.1 Å². The molecule has 0 radical (unpaired) electrons. The first kappa shape index (κ1) is 19.5. The van der Waals surface area contributed by atoms with Crippen molar-refractivity contribution in [3.05, 3.63) is 47.6 Å². The van der Waals surface area contributed by atoms with E-state index in [1.165, 1.54) is 0 Å². The summed E-state index contributed by atoms with van der Waals surface area (Å²) in [7, 11) is -3.69. The summed E-state index contributed by atoms with van der Waals surface area (Å²) in [6.45, 7) is 4.26. The van der Waals surface area contributed by atoms with E-state index in [0.29, 0.717) is 24.7 Å². The molecule has 0 spiro atoms. The molecule has 2 aromatic rings. The zero-order valence-corrected chi connectivity index (χ0v) is 16.5. The van der Waals surface area contributed by atoms with Crippen molar-refractivity contribution in [3.63, 3.8) is 0 Å². The van der Waals surface area contributed by atoms with Gasteiger partial charge in [-0.2, -0.15) is 4.98 Å². The summed E-state index contributed by atoms with van der Waals surface area (Å²) in [6.07, 6.45) is 2.72. The Morgan fingerprint density at radius 1 is 1.30 bits per heavy atom. The monoisotopic (exact) mass is 391 g/mol. The van der Waals surface area contributed by atoms with Crippen LogP contribution in [0.15, 0.2) is 34.9 Å². The molecule has 0 N–H and O–H groups in total. The number of nitrogens with zero attached hydrogens (tertiary/aromatic N) is 3. The lowest BCUT2D eigenvalue weighted by molar-refractivity contribution is -0.131. The van der Waals surface area contributed by atoms with Gasteiger partial charge in [0.25, 0.3) is 0 Å². The number of hydrogen-bond acceptors (Lipinski definition) is 6. The number of carbonyl (C=O) groups excluding carboxylic acids is 1. The van der Waals surface area contributed by atoms with Crippen molar-refractivity contribution in [1.82, 2.24) is 15.0 Å². The van der Waals surface area contributed by atoms with Crippen LogP contribution in [0.1, 0.15) is 44.0 Å². The minimum atomic E-state index is -3.69. The molecule has 1 atom stereocenters. The molecule has 1 aliphatic rings. The van der Waals surface area contributed by atoms with E-state index in [0.717, 1.165) is 18.4 Å². The molecule has 0 unspecified atom stereocenters. The van der Waals surface area contributed by atoms with E-state index in [1.807, 2.05) is 44.2 Å². The minimum Gasteiger partial charge on any atom is -0.338 e. The molecule has 3 rings (SSSR count). The molecule has 1 heterocycles.